The molecule has 3 heterocycles. The Bertz CT molecular complexity index is 1050. The summed E-state index contributed by atoms with van der Waals surface area (Å²) in [6.45, 7) is 0.581. The molecule has 0 fully saturated rings. The van der Waals surface area contributed by atoms with Gasteiger partial charge in [-0.2, -0.15) is 0 Å². The molecule has 4 aromatic rings. The van der Waals surface area contributed by atoms with Crippen molar-refractivity contribution in [2.45, 2.75) is 6.54 Å². The second-order valence-electron chi connectivity index (χ2n) is 5.86. The van der Waals surface area contributed by atoms with Gasteiger partial charge in [-0.05, 0) is 41.5 Å². The number of benzene rings is 1. The second-order valence-corrected chi connectivity index (χ2v) is 5.86. The third-order valence-electron chi connectivity index (χ3n) is 4.19. The van der Waals surface area contributed by atoms with Crippen LogP contribution in [0.3, 0.4) is 0 Å². The van der Waals surface area contributed by atoms with E-state index in [1.807, 2.05) is 24.3 Å². The summed E-state index contributed by atoms with van der Waals surface area (Å²) in [6.07, 6.45) is 5.33. The third-order valence-corrected chi connectivity index (χ3v) is 4.19. The van der Waals surface area contributed by atoms with Crippen LogP contribution in [-0.4, -0.2) is 22.1 Å². The molecular formula is C20H17FN4O. The Morgan fingerprint density at radius 1 is 1.15 bits per heavy atom. The first-order chi connectivity index (χ1) is 12.7. The van der Waals surface area contributed by atoms with Crippen molar-refractivity contribution in [1.29, 1.82) is 0 Å². The quantitative estimate of drug-likeness (QED) is 0.562. The number of methoxy groups -OCH3 is 1. The summed E-state index contributed by atoms with van der Waals surface area (Å²) in [7, 11) is 1.52. The molecule has 4 rings (SSSR count). The van der Waals surface area contributed by atoms with Crippen LogP contribution in [0.25, 0.3) is 22.2 Å². The highest BCUT2D eigenvalue weighted by molar-refractivity contribution is 5.95. The van der Waals surface area contributed by atoms with Gasteiger partial charge in [0.25, 0.3) is 0 Å². The van der Waals surface area contributed by atoms with E-state index in [0.29, 0.717) is 29.3 Å². The number of aromatic nitrogens is 3. The molecule has 0 aliphatic rings. The molecule has 0 amide bonds. The number of nitrogens with one attached hydrogen (secondary N) is 2. The van der Waals surface area contributed by atoms with Crippen LogP contribution in [0.4, 0.5) is 10.2 Å². The van der Waals surface area contributed by atoms with Gasteiger partial charge in [0.05, 0.1) is 7.11 Å². The first kappa shape index (κ1) is 16.1. The number of pyridine rings is 2. The summed E-state index contributed by atoms with van der Waals surface area (Å²) >= 11 is 0. The molecule has 0 saturated carbocycles. The molecule has 0 aliphatic carbocycles. The SMILES string of the molecule is COc1ccc(-c2cc(NCc3cccnc3)nc3[nH]ccc23)c(F)c1. The fourth-order valence-corrected chi connectivity index (χ4v) is 2.89. The van der Waals surface area contributed by atoms with Crippen LogP contribution in [0.5, 0.6) is 5.75 Å². The number of H-pyrrole nitrogens is 1. The van der Waals surface area contributed by atoms with Gasteiger partial charge >= 0.3 is 0 Å². The lowest BCUT2D eigenvalue weighted by Crippen LogP contribution is -2.02. The molecule has 5 nitrogen and oxygen atoms in total. The minimum atomic E-state index is -0.337. The maximum atomic E-state index is 14.6. The number of aromatic amines is 1. The van der Waals surface area contributed by atoms with E-state index in [1.54, 1.807) is 30.7 Å². The van der Waals surface area contributed by atoms with E-state index in [1.165, 1.54) is 13.2 Å². The van der Waals surface area contributed by atoms with Gasteiger partial charge in [0.15, 0.2) is 0 Å². The number of halogens is 1. The Kier molecular flexibility index (Phi) is 4.23. The zero-order valence-electron chi connectivity index (χ0n) is 14.2. The van der Waals surface area contributed by atoms with Crippen molar-refractivity contribution in [3.63, 3.8) is 0 Å². The Morgan fingerprint density at radius 3 is 2.85 bits per heavy atom. The zero-order valence-corrected chi connectivity index (χ0v) is 14.2. The summed E-state index contributed by atoms with van der Waals surface area (Å²) < 4.78 is 19.7. The molecule has 3 aromatic heterocycles. The summed E-state index contributed by atoms with van der Waals surface area (Å²) in [6, 6.07) is 12.5. The Morgan fingerprint density at radius 2 is 2.08 bits per heavy atom. The standard InChI is InChI=1S/C20H17FN4O/c1-26-14-4-5-15(18(21)9-14)17-10-19(25-20-16(17)6-8-23-20)24-12-13-3-2-7-22-11-13/h2-11H,12H2,1H3,(H2,23,24,25). The first-order valence-electron chi connectivity index (χ1n) is 8.19. The monoisotopic (exact) mass is 348 g/mol. The van der Waals surface area contributed by atoms with Crippen LogP contribution >= 0.6 is 0 Å². The van der Waals surface area contributed by atoms with Gasteiger partial charge < -0.3 is 15.0 Å². The number of anilines is 1. The summed E-state index contributed by atoms with van der Waals surface area (Å²) in [5.74, 6) is 0.811. The average molecular weight is 348 g/mol. The largest absolute Gasteiger partial charge is 0.497 e. The van der Waals surface area contributed by atoms with Crippen molar-refractivity contribution >= 4 is 16.9 Å². The highest BCUT2D eigenvalue weighted by Crippen LogP contribution is 2.33. The van der Waals surface area contributed by atoms with Gasteiger partial charge in [-0.15, -0.1) is 0 Å². The van der Waals surface area contributed by atoms with E-state index >= 15 is 0 Å². The van der Waals surface area contributed by atoms with Gasteiger partial charge in [0.2, 0.25) is 0 Å². The maximum absolute atomic E-state index is 14.6. The smallest absolute Gasteiger partial charge is 0.140 e. The predicted molar refractivity (Wildman–Crippen MR) is 99.6 cm³/mol. The molecule has 26 heavy (non-hydrogen) atoms. The first-order valence-corrected chi connectivity index (χ1v) is 8.19. The third kappa shape index (κ3) is 3.09. The van der Waals surface area contributed by atoms with Crippen LogP contribution < -0.4 is 10.1 Å². The van der Waals surface area contributed by atoms with E-state index < -0.39 is 0 Å². The molecule has 0 saturated heterocycles. The number of hydrogen-bond donors (Lipinski definition) is 2. The van der Waals surface area contributed by atoms with Gasteiger partial charge in [-0.1, -0.05) is 6.07 Å². The summed E-state index contributed by atoms with van der Waals surface area (Å²) in [5.41, 5.74) is 3.01. The van der Waals surface area contributed by atoms with Crippen LogP contribution in [0.15, 0.2) is 61.1 Å². The molecule has 2 N–H and O–H groups in total. The van der Waals surface area contributed by atoms with Crippen molar-refractivity contribution in [3.8, 4) is 16.9 Å². The molecule has 130 valence electrons. The van der Waals surface area contributed by atoms with E-state index in [2.05, 4.69) is 20.3 Å². The van der Waals surface area contributed by atoms with Crippen molar-refractivity contribution < 1.29 is 9.13 Å². The normalized spacial score (nSPS) is 10.8. The molecule has 6 heteroatoms. The number of rotatable bonds is 5. The van der Waals surface area contributed by atoms with E-state index in [9.17, 15) is 4.39 Å². The molecule has 0 spiro atoms. The van der Waals surface area contributed by atoms with Crippen LogP contribution in [0.1, 0.15) is 5.56 Å². The van der Waals surface area contributed by atoms with E-state index in [0.717, 1.165) is 16.5 Å². The number of fused-ring (bicyclic) bond motifs is 1. The highest BCUT2D eigenvalue weighted by atomic mass is 19.1. The van der Waals surface area contributed by atoms with Gasteiger partial charge in [-0.3, -0.25) is 4.98 Å². The lowest BCUT2D eigenvalue weighted by atomic mass is 10.0. The minimum absolute atomic E-state index is 0.337. The van der Waals surface area contributed by atoms with Crippen molar-refractivity contribution in [2.24, 2.45) is 0 Å². The van der Waals surface area contributed by atoms with E-state index in [4.69, 9.17) is 4.74 Å². The average Bonchev–Trinajstić information content (AvgIpc) is 3.15. The molecular weight excluding hydrogens is 331 g/mol. The highest BCUT2D eigenvalue weighted by Gasteiger charge is 2.13. The predicted octanol–water partition coefficient (Wildman–Crippen LogP) is 4.38. The lowest BCUT2D eigenvalue weighted by Gasteiger charge is -2.11. The Hall–Kier alpha value is -3.41. The molecule has 0 unspecified atom stereocenters. The fraction of sp³-hybridized carbons (Fsp3) is 0.100. The summed E-state index contributed by atoms with van der Waals surface area (Å²) in [4.78, 5) is 11.8. The lowest BCUT2D eigenvalue weighted by molar-refractivity contribution is 0.411. The molecule has 0 radical (unpaired) electrons. The fourth-order valence-electron chi connectivity index (χ4n) is 2.89. The molecule has 0 atom stereocenters. The topological polar surface area (TPSA) is 62.8 Å². The van der Waals surface area contributed by atoms with Gasteiger partial charge in [0, 0.05) is 42.2 Å². The molecule has 0 aliphatic heterocycles. The van der Waals surface area contributed by atoms with Crippen LogP contribution in [0.2, 0.25) is 0 Å². The maximum Gasteiger partial charge on any atom is 0.140 e. The minimum Gasteiger partial charge on any atom is -0.497 e. The van der Waals surface area contributed by atoms with Gasteiger partial charge in [0.1, 0.15) is 23.0 Å². The van der Waals surface area contributed by atoms with Crippen LogP contribution in [0, 0.1) is 5.82 Å². The molecule has 1 aromatic carbocycles. The molecule has 0 bridgehead atoms. The van der Waals surface area contributed by atoms with E-state index in [-0.39, 0.29) is 5.82 Å². The zero-order chi connectivity index (χ0) is 17.9. The Labute approximate surface area is 149 Å². The second kappa shape index (κ2) is 6.84. The number of nitrogens with zero attached hydrogens (tertiary/aromatic N) is 2. The van der Waals surface area contributed by atoms with Crippen molar-refractivity contribution in [2.75, 3.05) is 12.4 Å². The Balaban J connectivity index is 1.73. The number of hydrogen-bond acceptors (Lipinski definition) is 4. The summed E-state index contributed by atoms with van der Waals surface area (Å²) in [5, 5.41) is 4.14. The number of ether oxygens (including phenoxy) is 1. The van der Waals surface area contributed by atoms with Crippen molar-refractivity contribution in [1.82, 2.24) is 15.0 Å². The van der Waals surface area contributed by atoms with Crippen molar-refractivity contribution in [3.05, 3.63) is 72.4 Å². The van der Waals surface area contributed by atoms with Crippen LogP contribution in [-0.2, 0) is 6.54 Å². The van der Waals surface area contributed by atoms with Gasteiger partial charge in [-0.25, -0.2) is 9.37 Å².